The van der Waals surface area contributed by atoms with Crippen LogP contribution >= 0.6 is 74.1 Å². The van der Waals surface area contributed by atoms with Crippen LogP contribution in [-0.2, 0) is 23.6 Å². The Kier molecular flexibility index (Phi) is 18.5. The van der Waals surface area contributed by atoms with Crippen LogP contribution in [0, 0.1) is 24.7 Å². The van der Waals surface area contributed by atoms with Crippen LogP contribution in [0.4, 0.5) is 11.9 Å². The Bertz CT molecular complexity index is 2820. The standard InChI is InChI=1S/C22H25Cl2N5OS.C19H29BrN6O2S.C6H4Cl2S.Na/c1-13-19(31-16-4-2-3-15(23)18(16)24)20-26-7-10-29(20)21(27-13)28-8-5-22(6-9-28)12-14(30)11-17(22)25;1-12-15(20)16-23-21-11-26(16)17(22-12)25-7-5-19(6-8-25)10-13(27)9-14(19)24-29(28)18(2,3)4;7-4-2-1-3-5(9)6(4)8;/h2-4,7,10,14,17,30H,5-6,8-9,11-12,25H2,1H3;11,13-14,24,27H,5-10H2,1-4H3;1-3,9H;/q;;;+1/p-1/t14-,17+;13-,14+,29+;;/m00../s1. The number of aliphatic hydroxyl groups is 2. The molecule has 10 rings (SSSR count). The quantitative estimate of drug-likeness (QED) is 0.101. The van der Waals surface area contributed by atoms with Crippen molar-refractivity contribution in [3.8, 4) is 0 Å². The van der Waals surface area contributed by atoms with Crippen molar-refractivity contribution in [1.29, 1.82) is 0 Å². The number of rotatable bonds is 6. The fourth-order valence-electron chi connectivity index (χ4n) is 10.1. The molecule has 5 N–H and O–H groups in total. The van der Waals surface area contributed by atoms with Gasteiger partial charge >= 0.3 is 29.6 Å². The molecule has 2 aliphatic carbocycles. The van der Waals surface area contributed by atoms with Crippen molar-refractivity contribution in [2.24, 2.45) is 16.6 Å². The molecule has 2 saturated carbocycles. The second-order valence-corrected chi connectivity index (χ2v) is 25.4. The zero-order valence-corrected chi connectivity index (χ0v) is 49.1. The van der Waals surface area contributed by atoms with Crippen LogP contribution in [0.5, 0.6) is 0 Å². The van der Waals surface area contributed by atoms with Gasteiger partial charge in [0.2, 0.25) is 11.9 Å². The van der Waals surface area contributed by atoms with Crippen molar-refractivity contribution in [3.05, 3.63) is 91.1 Å². The van der Waals surface area contributed by atoms with E-state index in [0.29, 0.717) is 37.8 Å². The minimum atomic E-state index is -1.15. The monoisotopic (exact) mass is 1160 g/mol. The molecule has 0 bridgehead atoms. The normalized spacial score (nSPS) is 22.2. The molecular weight excluding hydrogens is 1110 g/mol. The number of fused-ring (bicyclic) bond motifs is 2. The smallest absolute Gasteiger partial charge is 0.778 e. The van der Waals surface area contributed by atoms with Crippen molar-refractivity contribution in [3.63, 3.8) is 0 Å². The van der Waals surface area contributed by atoms with Crippen molar-refractivity contribution in [2.75, 3.05) is 36.0 Å². The third-order valence-corrected chi connectivity index (χ3v) is 20.0. The maximum Gasteiger partial charge on any atom is 1.00 e. The number of nitrogens with two attached hydrogens (primary N) is 1. The summed E-state index contributed by atoms with van der Waals surface area (Å²) in [6.07, 6.45) is 11.6. The van der Waals surface area contributed by atoms with Gasteiger partial charge in [-0.3, -0.25) is 4.40 Å². The first-order chi connectivity index (χ1) is 32.7. The first-order valence-electron chi connectivity index (χ1n) is 22.9. The molecule has 6 aromatic rings. The number of anilines is 2. The molecular formula is C47H57BrCl4N11NaO3S3. The number of hydrogen-bond donors (Lipinski definition) is 4. The summed E-state index contributed by atoms with van der Waals surface area (Å²) in [5, 5.41) is 30.8. The van der Waals surface area contributed by atoms with Crippen LogP contribution in [0.15, 0.2) is 74.3 Å². The molecule has 5 atom stereocenters. The van der Waals surface area contributed by atoms with E-state index in [1.165, 1.54) is 11.8 Å². The van der Waals surface area contributed by atoms with Crippen molar-refractivity contribution in [2.45, 2.75) is 130 Å². The topological polar surface area (TPSA) is 175 Å². The van der Waals surface area contributed by atoms with Gasteiger partial charge in [-0.15, -0.1) is 10.2 Å². The van der Waals surface area contributed by atoms with E-state index < -0.39 is 11.0 Å². The molecule has 0 unspecified atom stereocenters. The van der Waals surface area contributed by atoms with Crippen LogP contribution in [0.25, 0.3) is 11.3 Å². The summed E-state index contributed by atoms with van der Waals surface area (Å²) in [6, 6.07) is 11.0. The maximum atomic E-state index is 12.7. The number of aryl methyl sites for hydroxylation is 2. The first-order valence-corrected chi connectivity index (χ1v) is 27.6. The summed E-state index contributed by atoms with van der Waals surface area (Å²) in [6.45, 7) is 13.3. The van der Waals surface area contributed by atoms with Crippen molar-refractivity contribution >= 4 is 121 Å². The summed E-state index contributed by atoms with van der Waals surface area (Å²) in [5.74, 6) is 1.75. The molecule has 4 aromatic heterocycles. The Balaban J connectivity index is 0.000000173. The van der Waals surface area contributed by atoms with Crippen molar-refractivity contribution < 1.29 is 44.0 Å². The van der Waals surface area contributed by atoms with Gasteiger partial charge in [0.1, 0.15) is 6.33 Å². The van der Waals surface area contributed by atoms with Crippen LogP contribution < -0.4 is 49.8 Å². The largest absolute Gasteiger partial charge is 1.00 e. The second-order valence-electron chi connectivity index (χ2n) is 19.5. The number of aromatic nitrogens is 7. The number of nitrogens with one attached hydrogen (secondary N) is 1. The third kappa shape index (κ3) is 11.9. The van der Waals surface area contributed by atoms with Gasteiger partial charge in [-0.1, -0.05) is 76.4 Å². The minimum Gasteiger partial charge on any atom is -0.778 e. The SMILES string of the molecule is Cc1nc(N2CCC3(CC2)C[C@@H](O)C[C@H]3N)n2ccnc2c1Sc1cccc(Cl)c1Cl.Cc1nc(N2CCC3(CC2)C[C@@H](O)C[C@H]3N[S@](=O)C(C)(C)C)n2cnnc2c1Br.[Na+].[S-]c1cccc(Cl)c1Cl. The zero-order chi connectivity index (χ0) is 49.6. The maximum absolute atomic E-state index is 12.7. The summed E-state index contributed by atoms with van der Waals surface area (Å²) in [7, 11) is -1.15. The van der Waals surface area contributed by atoms with Crippen LogP contribution in [-0.4, -0.2) is 104 Å². The molecule has 4 fully saturated rings. The predicted octanol–water partition coefficient (Wildman–Crippen LogP) is 6.82. The Morgan fingerprint density at radius 3 is 2.01 bits per heavy atom. The Labute approximate surface area is 472 Å². The molecule has 2 aromatic carbocycles. The molecule has 2 aliphatic heterocycles. The summed E-state index contributed by atoms with van der Waals surface area (Å²) in [5.41, 5.74) is 9.84. The summed E-state index contributed by atoms with van der Waals surface area (Å²) < 4.78 is 20.6. The van der Waals surface area contributed by atoms with E-state index in [9.17, 15) is 14.4 Å². The van der Waals surface area contributed by atoms with Gasteiger partial charge in [0, 0.05) is 60.6 Å². The molecule has 23 heteroatoms. The number of nitrogens with zero attached hydrogens (tertiary/aromatic N) is 9. The first kappa shape index (κ1) is 56.1. The molecule has 4 aliphatic rings. The fourth-order valence-corrected chi connectivity index (χ4v) is 13.4. The van der Waals surface area contributed by atoms with Gasteiger partial charge in [-0.2, -0.15) is 4.90 Å². The Hall–Kier alpha value is -1.59. The van der Waals surface area contributed by atoms with E-state index in [1.54, 1.807) is 36.8 Å². The summed E-state index contributed by atoms with van der Waals surface area (Å²) in [4.78, 5) is 21.4. The van der Waals surface area contributed by atoms with Gasteiger partial charge < -0.3 is 38.4 Å². The predicted molar refractivity (Wildman–Crippen MR) is 285 cm³/mol. The van der Waals surface area contributed by atoms with Gasteiger partial charge in [-0.05, 0) is 131 Å². The average Bonchev–Trinajstić information content (AvgIpc) is 4.11. The van der Waals surface area contributed by atoms with Gasteiger partial charge in [0.15, 0.2) is 11.3 Å². The van der Waals surface area contributed by atoms with Crippen LogP contribution in [0.2, 0.25) is 20.1 Å². The molecule has 0 amide bonds. The minimum absolute atomic E-state index is 0. The number of imidazole rings is 1. The van der Waals surface area contributed by atoms with Gasteiger partial charge in [0.25, 0.3) is 0 Å². The molecule has 6 heterocycles. The van der Waals surface area contributed by atoms with Crippen LogP contribution in [0.3, 0.4) is 0 Å². The van der Waals surface area contributed by atoms with Gasteiger partial charge in [-0.25, -0.2) is 28.3 Å². The number of hydrogen-bond acceptors (Lipinski definition) is 13. The Morgan fingerprint density at radius 2 is 1.41 bits per heavy atom. The van der Waals surface area contributed by atoms with E-state index >= 15 is 0 Å². The van der Waals surface area contributed by atoms with Gasteiger partial charge in [0.05, 0.1) is 63.8 Å². The number of benzene rings is 2. The van der Waals surface area contributed by atoms with E-state index in [2.05, 4.69) is 50.0 Å². The second kappa shape index (κ2) is 23.1. The number of halogens is 5. The molecule has 14 nitrogen and oxygen atoms in total. The third-order valence-electron chi connectivity index (χ3n) is 14.0. The summed E-state index contributed by atoms with van der Waals surface area (Å²) >= 11 is 33.8. The molecule has 0 radical (unpaired) electrons. The van der Waals surface area contributed by atoms with E-state index in [1.807, 2.05) is 57.3 Å². The molecule has 2 spiro atoms. The average molecular weight is 1160 g/mol. The Morgan fingerprint density at radius 1 is 0.843 bits per heavy atom. The molecule has 372 valence electrons. The number of aliphatic hydroxyl groups excluding tert-OH is 2. The molecule has 70 heavy (non-hydrogen) atoms. The van der Waals surface area contributed by atoms with E-state index in [0.717, 1.165) is 114 Å². The zero-order valence-electron chi connectivity index (χ0n) is 40.0. The van der Waals surface area contributed by atoms with Crippen LogP contribution in [0.1, 0.15) is 83.5 Å². The number of piperidine rings is 2. The fraction of sp³-hybridized carbons (Fsp3) is 0.511. The van der Waals surface area contributed by atoms with E-state index in [4.69, 9.17) is 74.7 Å². The van der Waals surface area contributed by atoms with Crippen molar-refractivity contribution in [1.82, 2.24) is 38.7 Å². The van der Waals surface area contributed by atoms with E-state index in [-0.39, 0.29) is 69.4 Å². The molecule has 2 saturated heterocycles.